The number of ether oxygens (including phenoxy) is 1. The molecular weight excluding hydrogens is 377 g/mol. The second-order valence-electron chi connectivity index (χ2n) is 7.09. The molecule has 1 aromatic carbocycles. The van der Waals surface area contributed by atoms with E-state index in [1.807, 2.05) is 11.8 Å². The van der Waals surface area contributed by atoms with Gasteiger partial charge in [0.05, 0.1) is 35.5 Å². The number of hydrogen-bond donors (Lipinski definition) is 2. The molecule has 2 unspecified atom stereocenters. The van der Waals surface area contributed by atoms with Crippen LogP contribution >= 0.6 is 11.6 Å². The van der Waals surface area contributed by atoms with E-state index in [9.17, 15) is 19.1 Å². The van der Waals surface area contributed by atoms with Crippen molar-refractivity contribution in [1.29, 1.82) is 0 Å². The standard InChI is InChI=1S/C18H23ClFN3O4/c1-11-6-12(17(24)25)10-23(9-11)18(26)21-15-8-14(20)13(19)7-16(15)22-2-4-27-5-3-22/h7-8,11-12H,2-6,9-10H2,1H3,(H,21,26)(H,24,25). The van der Waals surface area contributed by atoms with Crippen molar-refractivity contribution in [2.75, 3.05) is 49.6 Å². The Labute approximate surface area is 162 Å². The van der Waals surface area contributed by atoms with Crippen LogP contribution < -0.4 is 10.2 Å². The molecule has 9 heteroatoms. The van der Waals surface area contributed by atoms with E-state index in [-0.39, 0.29) is 17.5 Å². The molecule has 0 bridgehead atoms. The number of rotatable bonds is 3. The summed E-state index contributed by atoms with van der Waals surface area (Å²) >= 11 is 5.94. The first-order chi connectivity index (χ1) is 12.8. The SMILES string of the molecule is CC1CC(C(=O)O)CN(C(=O)Nc2cc(F)c(Cl)cc2N2CCOCC2)C1. The normalized spacial score (nSPS) is 23.2. The van der Waals surface area contributed by atoms with Gasteiger partial charge in [0.1, 0.15) is 5.82 Å². The van der Waals surface area contributed by atoms with Crippen LogP contribution in [-0.4, -0.2) is 61.4 Å². The van der Waals surface area contributed by atoms with Gasteiger partial charge in [-0.1, -0.05) is 18.5 Å². The summed E-state index contributed by atoms with van der Waals surface area (Å²) in [6.45, 7) is 4.78. The van der Waals surface area contributed by atoms with Gasteiger partial charge in [-0.3, -0.25) is 4.79 Å². The molecule has 1 aromatic rings. The highest BCUT2D eigenvalue weighted by molar-refractivity contribution is 6.31. The van der Waals surface area contributed by atoms with Crippen LogP contribution in [0.25, 0.3) is 0 Å². The van der Waals surface area contributed by atoms with E-state index in [1.165, 1.54) is 17.0 Å². The number of hydrogen-bond acceptors (Lipinski definition) is 4. The summed E-state index contributed by atoms with van der Waals surface area (Å²) in [5.41, 5.74) is 0.937. The van der Waals surface area contributed by atoms with Crippen molar-refractivity contribution in [3.05, 3.63) is 23.0 Å². The molecule has 7 nitrogen and oxygen atoms in total. The van der Waals surface area contributed by atoms with Gasteiger partial charge in [-0.2, -0.15) is 0 Å². The summed E-state index contributed by atoms with van der Waals surface area (Å²) in [4.78, 5) is 27.5. The van der Waals surface area contributed by atoms with Crippen molar-refractivity contribution in [2.24, 2.45) is 11.8 Å². The average molecular weight is 400 g/mol. The third kappa shape index (κ3) is 4.62. The number of piperidine rings is 1. The van der Waals surface area contributed by atoms with E-state index < -0.39 is 23.7 Å². The molecule has 0 radical (unpaired) electrons. The second-order valence-corrected chi connectivity index (χ2v) is 7.50. The fourth-order valence-electron chi connectivity index (χ4n) is 3.59. The minimum atomic E-state index is -0.911. The predicted octanol–water partition coefficient (Wildman–Crippen LogP) is 2.89. The Hall–Kier alpha value is -2.06. The Morgan fingerprint density at radius 1 is 1.30 bits per heavy atom. The highest BCUT2D eigenvalue weighted by Gasteiger charge is 2.32. The lowest BCUT2D eigenvalue weighted by Crippen LogP contribution is -2.47. The summed E-state index contributed by atoms with van der Waals surface area (Å²) < 4.78 is 19.4. The number of nitrogens with one attached hydrogen (secondary N) is 1. The van der Waals surface area contributed by atoms with E-state index in [0.29, 0.717) is 50.6 Å². The average Bonchev–Trinajstić information content (AvgIpc) is 2.64. The van der Waals surface area contributed by atoms with Crippen molar-refractivity contribution in [3.63, 3.8) is 0 Å². The maximum atomic E-state index is 14.0. The van der Waals surface area contributed by atoms with Crippen LogP contribution in [0.4, 0.5) is 20.6 Å². The van der Waals surface area contributed by atoms with Gasteiger partial charge >= 0.3 is 12.0 Å². The molecule has 0 aliphatic carbocycles. The van der Waals surface area contributed by atoms with Gasteiger partial charge in [0.25, 0.3) is 0 Å². The zero-order valence-corrected chi connectivity index (χ0v) is 15.8. The van der Waals surface area contributed by atoms with E-state index >= 15 is 0 Å². The van der Waals surface area contributed by atoms with Crippen LogP contribution in [0.15, 0.2) is 12.1 Å². The molecule has 2 atom stereocenters. The predicted molar refractivity (Wildman–Crippen MR) is 99.9 cm³/mol. The van der Waals surface area contributed by atoms with Crippen LogP contribution in [0.3, 0.4) is 0 Å². The Kier molecular flexibility index (Phi) is 6.06. The number of morpholine rings is 1. The summed E-state index contributed by atoms with van der Waals surface area (Å²) in [5, 5.41) is 12.0. The number of urea groups is 1. The van der Waals surface area contributed by atoms with Gasteiger partial charge in [0.2, 0.25) is 0 Å². The number of carboxylic acid groups (broad SMARTS) is 1. The summed E-state index contributed by atoms with van der Waals surface area (Å²) in [6, 6.07) is 2.26. The summed E-state index contributed by atoms with van der Waals surface area (Å²) in [7, 11) is 0. The van der Waals surface area contributed by atoms with Crippen molar-refractivity contribution in [3.8, 4) is 0 Å². The minimum absolute atomic E-state index is 0.0213. The summed E-state index contributed by atoms with van der Waals surface area (Å²) in [6.07, 6.45) is 0.535. The van der Waals surface area contributed by atoms with Crippen molar-refractivity contribution in [2.45, 2.75) is 13.3 Å². The maximum absolute atomic E-state index is 14.0. The second kappa shape index (κ2) is 8.31. The molecule has 2 saturated heterocycles. The molecule has 2 fully saturated rings. The lowest BCUT2D eigenvalue weighted by molar-refractivity contribution is -0.143. The van der Waals surface area contributed by atoms with Gasteiger partial charge in [-0.15, -0.1) is 0 Å². The number of carbonyl (C=O) groups is 2. The fourth-order valence-corrected chi connectivity index (χ4v) is 3.75. The van der Waals surface area contributed by atoms with E-state index in [0.717, 1.165) is 0 Å². The molecule has 27 heavy (non-hydrogen) atoms. The fraction of sp³-hybridized carbons (Fsp3) is 0.556. The van der Waals surface area contributed by atoms with Gasteiger partial charge in [-0.05, 0) is 18.4 Å². The number of aliphatic carboxylic acids is 1. The molecule has 0 saturated carbocycles. The number of carboxylic acids is 1. The van der Waals surface area contributed by atoms with Gasteiger partial charge in [0.15, 0.2) is 0 Å². The van der Waals surface area contributed by atoms with Crippen LogP contribution in [0.2, 0.25) is 5.02 Å². The van der Waals surface area contributed by atoms with Crippen LogP contribution in [0.5, 0.6) is 0 Å². The third-order valence-electron chi connectivity index (χ3n) is 4.93. The first-order valence-electron chi connectivity index (χ1n) is 8.95. The molecule has 2 amide bonds. The highest BCUT2D eigenvalue weighted by atomic mass is 35.5. The molecule has 2 aliphatic rings. The molecule has 3 rings (SSSR count). The molecule has 0 spiro atoms. The largest absolute Gasteiger partial charge is 0.481 e. The zero-order chi connectivity index (χ0) is 19.6. The van der Waals surface area contributed by atoms with Crippen molar-refractivity contribution < 1.29 is 23.8 Å². The Morgan fingerprint density at radius 2 is 2.00 bits per heavy atom. The molecule has 148 valence electrons. The smallest absolute Gasteiger partial charge is 0.321 e. The van der Waals surface area contributed by atoms with E-state index in [4.69, 9.17) is 16.3 Å². The number of benzene rings is 1. The maximum Gasteiger partial charge on any atom is 0.321 e. The zero-order valence-electron chi connectivity index (χ0n) is 15.1. The quantitative estimate of drug-likeness (QED) is 0.816. The topological polar surface area (TPSA) is 82.1 Å². The highest BCUT2D eigenvalue weighted by Crippen LogP contribution is 2.33. The van der Waals surface area contributed by atoms with E-state index in [1.54, 1.807) is 0 Å². The number of amides is 2. The molecule has 0 aromatic heterocycles. The first-order valence-corrected chi connectivity index (χ1v) is 9.33. The molecule has 2 heterocycles. The number of carbonyl (C=O) groups excluding carboxylic acids is 1. The lowest BCUT2D eigenvalue weighted by atomic mass is 9.91. The van der Waals surface area contributed by atoms with Crippen LogP contribution in [0.1, 0.15) is 13.3 Å². The third-order valence-corrected chi connectivity index (χ3v) is 5.22. The van der Waals surface area contributed by atoms with Crippen LogP contribution in [0, 0.1) is 17.7 Å². The van der Waals surface area contributed by atoms with Crippen LogP contribution in [-0.2, 0) is 9.53 Å². The molecule has 2 N–H and O–H groups in total. The molecular formula is C18H23ClFN3O4. The Morgan fingerprint density at radius 3 is 2.67 bits per heavy atom. The number of likely N-dealkylation sites (tertiary alicyclic amines) is 1. The van der Waals surface area contributed by atoms with Gasteiger partial charge in [0, 0.05) is 32.2 Å². The van der Waals surface area contributed by atoms with Gasteiger partial charge < -0.3 is 25.0 Å². The number of nitrogens with zero attached hydrogens (tertiary/aromatic N) is 2. The van der Waals surface area contributed by atoms with Crippen molar-refractivity contribution in [1.82, 2.24) is 4.90 Å². The minimum Gasteiger partial charge on any atom is -0.481 e. The lowest BCUT2D eigenvalue weighted by Gasteiger charge is -2.35. The first kappa shape index (κ1) is 19.7. The van der Waals surface area contributed by atoms with Gasteiger partial charge in [-0.25, -0.2) is 9.18 Å². The Bertz CT molecular complexity index is 727. The Balaban J connectivity index is 1.80. The number of anilines is 2. The molecule has 2 aliphatic heterocycles. The summed E-state index contributed by atoms with van der Waals surface area (Å²) in [5.74, 6) is -2.06. The van der Waals surface area contributed by atoms with E-state index in [2.05, 4.69) is 5.32 Å². The van der Waals surface area contributed by atoms with Crippen molar-refractivity contribution >= 4 is 35.0 Å². The number of halogens is 2. The monoisotopic (exact) mass is 399 g/mol.